The minimum Gasteiger partial charge on any atom is -0.449 e. The van der Waals surface area contributed by atoms with E-state index in [0.29, 0.717) is 13.2 Å². The highest BCUT2D eigenvalue weighted by Gasteiger charge is 2.29. The molecule has 1 saturated heterocycles. The minimum atomic E-state index is -3.75. The van der Waals surface area contributed by atoms with Crippen molar-refractivity contribution in [3.63, 3.8) is 0 Å². The molecule has 6 nitrogen and oxygen atoms in total. The molecule has 1 aromatic carbocycles. The summed E-state index contributed by atoms with van der Waals surface area (Å²) < 4.78 is 28.4. The number of ether oxygens (including phenoxy) is 1. The maximum absolute atomic E-state index is 12.3. The van der Waals surface area contributed by atoms with Gasteiger partial charge >= 0.3 is 6.09 Å². The average molecular weight is 340 g/mol. The third-order valence-electron chi connectivity index (χ3n) is 4.03. The Labute approximate surface area is 137 Å². The number of carbonyl (C=O) groups is 1. The third kappa shape index (κ3) is 4.68. The van der Waals surface area contributed by atoms with Crippen molar-refractivity contribution in [3.8, 4) is 0 Å². The van der Waals surface area contributed by atoms with E-state index in [1.807, 2.05) is 13.0 Å². The molecule has 0 aliphatic carbocycles. The van der Waals surface area contributed by atoms with Gasteiger partial charge in [-0.15, -0.1) is 0 Å². The van der Waals surface area contributed by atoms with Gasteiger partial charge in [0.15, 0.2) is 0 Å². The maximum atomic E-state index is 12.3. The van der Waals surface area contributed by atoms with Crippen molar-refractivity contribution in [1.29, 1.82) is 0 Å². The van der Waals surface area contributed by atoms with Crippen molar-refractivity contribution >= 4 is 16.1 Å². The first-order valence-electron chi connectivity index (χ1n) is 7.99. The molecule has 0 spiro atoms. The van der Waals surface area contributed by atoms with Gasteiger partial charge in [-0.2, -0.15) is 0 Å². The summed E-state index contributed by atoms with van der Waals surface area (Å²) in [5, 5.41) is 5.20. The number of amides is 1. The molecule has 1 aromatic rings. The van der Waals surface area contributed by atoms with Gasteiger partial charge in [0.05, 0.1) is 17.5 Å². The summed E-state index contributed by atoms with van der Waals surface area (Å²) in [6, 6.07) is 6.34. The Bertz CT molecular complexity index is 645. The van der Waals surface area contributed by atoms with E-state index in [-0.39, 0.29) is 17.0 Å². The zero-order valence-electron chi connectivity index (χ0n) is 13.4. The maximum Gasteiger partial charge on any atom is 0.410 e. The van der Waals surface area contributed by atoms with Crippen LogP contribution in [0.3, 0.4) is 0 Å². The molecule has 23 heavy (non-hydrogen) atoms. The number of primary sulfonamides is 1. The van der Waals surface area contributed by atoms with Crippen molar-refractivity contribution in [1.82, 2.24) is 4.90 Å². The van der Waals surface area contributed by atoms with Gasteiger partial charge in [-0.05, 0) is 43.4 Å². The van der Waals surface area contributed by atoms with Crippen LogP contribution in [0.5, 0.6) is 0 Å². The van der Waals surface area contributed by atoms with Crippen molar-refractivity contribution in [2.24, 2.45) is 5.14 Å². The SMILES string of the molecule is CCCCOC(=O)N1CCCCC1c1cccc(S(N)(=O)=O)c1. The van der Waals surface area contributed by atoms with Crippen molar-refractivity contribution < 1.29 is 17.9 Å². The van der Waals surface area contributed by atoms with Crippen LogP contribution in [0.25, 0.3) is 0 Å². The number of piperidine rings is 1. The van der Waals surface area contributed by atoms with E-state index in [2.05, 4.69) is 0 Å². The molecule has 1 amide bonds. The predicted molar refractivity (Wildman–Crippen MR) is 87.4 cm³/mol. The van der Waals surface area contributed by atoms with Crippen molar-refractivity contribution in [2.75, 3.05) is 13.2 Å². The van der Waals surface area contributed by atoms with Gasteiger partial charge in [0.25, 0.3) is 0 Å². The Morgan fingerprint density at radius 2 is 2.17 bits per heavy atom. The number of sulfonamides is 1. The molecule has 1 atom stereocenters. The van der Waals surface area contributed by atoms with Gasteiger partial charge in [-0.3, -0.25) is 0 Å². The Morgan fingerprint density at radius 3 is 2.87 bits per heavy atom. The summed E-state index contributed by atoms with van der Waals surface area (Å²) >= 11 is 0. The molecule has 0 bridgehead atoms. The Hall–Kier alpha value is -1.60. The number of unbranched alkanes of at least 4 members (excludes halogenated alkanes) is 1. The van der Waals surface area contributed by atoms with Crippen LogP contribution in [0.15, 0.2) is 29.2 Å². The summed E-state index contributed by atoms with van der Waals surface area (Å²) in [4.78, 5) is 14.1. The number of rotatable bonds is 5. The zero-order chi connectivity index (χ0) is 16.9. The monoisotopic (exact) mass is 340 g/mol. The van der Waals surface area contributed by atoms with Gasteiger partial charge in [0, 0.05) is 6.54 Å². The summed E-state index contributed by atoms with van der Waals surface area (Å²) in [5.74, 6) is 0. The highest BCUT2D eigenvalue weighted by atomic mass is 32.2. The van der Waals surface area contributed by atoms with Crippen LogP contribution in [0.1, 0.15) is 50.6 Å². The topological polar surface area (TPSA) is 89.7 Å². The predicted octanol–water partition coefficient (Wildman–Crippen LogP) is 2.80. The second kappa shape index (κ2) is 7.79. The lowest BCUT2D eigenvalue weighted by molar-refractivity contribution is 0.0720. The van der Waals surface area contributed by atoms with Crippen LogP contribution in [0.2, 0.25) is 0 Å². The largest absolute Gasteiger partial charge is 0.449 e. The molecule has 1 aliphatic heterocycles. The second-order valence-corrected chi connectivity index (χ2v) is 7.35. The van der Waals surface area contributed by atoms with Crippen molar-refractivity contribution in [3.05, 3.63) is 29.8 Å². The van der Waals surface area contributed by atoms with E-state index in [1.54, 1.807) is 17.0 Å². The van der Waals surface area contributed by atoms with Gasteiger partial charge < -0.3 is 9.64 Å². The fourth-order valence-electron chi connectivity index (χ4n) is 2.78. The molecule has 2 rings (SSSR count). The molecule has 1 heterocycles. The summed E-state index contributed by atoms with van der Waals surface area (Å²) in [6.07, 6.45) is 4.18. The van der Waals surface area contributed by atoms with Crippen LogP contribution in [-0.4, -0.2) is 32.6 Å². The molecule has 1 unspecified atom stereocenters. The Kier molecular flexibility index (Phi) is 6.01. The lowest BCUT2D eigenvalue weighted by Crippen LogP contribution is -2.39. The molecule has 0 saturated carbocycles. The Balaban J connectivity index is 2.19. The average Bonchev–Trinajstić information content (AvgIpc) is 2.54. The summed E-state index contributed by atoms with van der Waals surface area (Å²) in [7, 11) is -3.75. The number of hydrogen-bond donors (Lipinski definition) is 1. The van der Waals surface area contributed by atoms with Crippen molar-refractivity contribution in [2.45, 2.75) is 50.0 Å². The number of likely N-dealkylation sites (tertiary alicyclic amines) is 1. The minimum absolute atomic E-state index is 0.0693. The summed E-state index contributed by atoms with van der Waals surface area (Å²) in [5.41, 5.74) is 0.781. The first-order chi connectivity index (χ1) is 10.9. The lowest BCUT2D eigenvalue weighted by atomic mass is 9.96. The molecular weight excluding hydrogens is 316 g/mol. The summed E-state index contributed by atoms with van der Waals surface area (Å²) in [6.45, 7) is 3.07. The highest BCUT2D eigenvalue weighted by molar-refractivity contribution is 7.89. The number of benzene rings is 1. The lowest BCUT2D eigenvalue weighted by Gasteiger charge is -2.35. The number of nitrogens with zero attached hydrogens (tertiary/aromatic N) is 1. The second-order valence-electron chi connectivity index (χ2n) is 5.79. The number of hydrogen-bond acceptors (Lipinski definition) is 4. The van der Waals surface area contributed by atoms with E-state index >= 15 is 0 Å². The van der Waals surface area contributed by atoms with Crippen LogP contribution in [0, 0.1) is 0 Å². The van der Waals surface area contributed by atoms with E-state index < -0.39 is 10.0 Å². The molecule has 7 heteroatoms. The van der Waals surface area contributed by atoms with E-state index in [0.717, 1.165) is 37.7 Å². The van der Waals surface area contributed by atoms with E-state index in [9.17, 15) is 13.2 Å². The van der Waals surface area contributed by atoms with Gasteiger partial charge in [0.1, 0.15) is 0 Å². The van der Waals surface area contributed by atoms with E-state index in [4.69, 9.17) is 9.88 Å². The van der Waals surface area contributed by atoms with E-state index in [1.165, 1.54) is 6.07 Å². The first kappa shape index (κ1) is 17.7. The fraction of sp³-hybridized carbons (Fsp3) is 0.562. The fourth-order valence-corrected chi connectivity index (χ4v) is 3.35. The van der Waals surface area contributed by atoms with Crippen LogP contribution >= 0.6 is 0 Å². The molecule has 1 fully saturated rings. The first-order valence-corrected chi connectivity index (χ1v) is 9.54. The van der Waals surface area contributed by atoms with Crippen LogP contribution in [0.4, 0.5) is 4.79 Å². The Morgan fingerprint density at radius 1 is 1.39 bits per heavy atom. The molecule has 1 aliphatic rings. The van der Waals surface area contributed by atoms with Gasteiger partial charge in [0.2, 0.25) is 10.0 Å². The molecule has 2 N–H and O–H groups in total. The molecule has 0 radical (unpaired) electrons. The molecular formula is C16H24N2O4S. The number of carbonyl (C=O) groups excluding carboxylic acids is 1. The smallest absolute Gasteiger partial charge is 0.410 e. The number of nitrogens with two attached hydrogens (primary N) is 1. The quantitative estimate of drug-likeness (QED) is 0.835. The third-order valence-corrected chi connectivity index (χ3v) is 4.94. The van der Waals surface area contributed by atoms with Gasteiger partial charge in [-0.1, -0.05) is 25.5 Å². The van der Waals surface area contributed by atoms with Crippen LogP contribution in [-0.2, 0) is 14.8 Å². The van der Waals surface area contributed by atoms with Crippen LogP contribution < -0.4 is 5.14 Å². The molecule has 0 aromatic heterocycles. The zero-order valence-corrected chi connectivity index (χ0v) is 14.2. The normalized spacial score (nSPS) is 18.7. The molecule has 128 valence electrons. The van der Waals surface area contributed by atoms with Gasteiger partial charge in [-0.25, -0.2) is 18.4 Å². The highest BCUT2D eigenvalue weighted by Crippen LogP contribution is 2.32. The standard InChI is InChI=1S/C16H24N2O4S/c1-2-3-11-22-16(19)18-10-5-4-9-15(18)13-7-6-8-14(12-13)23(17,20)21/h6-8,12,15H,2-5,9-11H2,1H3,(H2,17,20,21).